The van der Waals surface area contributed by atoms with Gasteiger partial charge >= 0.3 is 18.3 Å². The molecule has 0 radical (unpaired) electrons. The van der Waals surface area contributed by atoms with E-state index in [0.717, 1.165) is 74.5 Å². The van der Waals surface area contributed by atoms with Crippen molar-refractivity contribution in [2.24, 2.45) is 0 Å². The fourth-order valence-electron chi connectivity index (χ4n) is 8.85. The molecule has 0 atom stereocenters. The van der Waals surface area contributed by atoms with Crippen LogP contribution in [0.25, 0.3) is 0 Å². The molecular weight excluding hydrogens is 1130 g/mol. The number of hydrogen-bond acceptors (Lipinski definition) is 3. The summed E-state index contributed by atoms with van der Waals surface area (Å²) in [6.45, 7) is 6.52. The third kappa shape index (κ3) is 24.3. The summed E-state index contributed by atoms with van der Waals surface area (Å²) in [5, 5.41) is 0. The lowest BCUT2D eigenvalue weighted by Crippen LogP contribution is -2.22. The molecule has 0 aliphatic rings. The Bertz CT molecular complexity index is 2770. The molecule has 0 aliphatic carbocycles. The number of benzene rings is 6. The highest BCUT2D eigenvalue weighted by Gasteiger charge is 2.37. The summed E-state index contributed by atoms with van der Waals surface area (Å²) in [7, 11) is 0. The van der Waals surface area contributed by atoms with Gasteiger partial charge in [-0.05, 0) is 91.6 Å². The molecule has 462 valence electrons. The number of rotatable bonds is 33. The van der Waals surface area contributed by atoms with Crippen LogP contribution in [0.1, 0.15) is 189 Å². The Hall–Kier alpha value is -6.33. The van der Waals surface area contributed by atoms with Crippen LogP contribution in [0.2, 0.25) is 0 Å². The Morgan fingerprint density at radius 2 is 0.440 bits per heavy atom. The molecule has 0 aliphatic heterocycles. The molecule has 84 heavy (non-hydrogen) atoms. The normalized spacial score (nSPS) is 11.6. The summed E-state index contributed by atoms with van der Waals surface area (Å²) in [5.74, 6) is -17.1. The molecule has 0 bridgehead atoms. The first-order chi connectivity index (χ1) is 40.0. The van der Waals surface area contributed by atoms with Crippen molar-refractivity contribution in [3.63, 3.8) is 0 Å². The van der Waals surface area contributed by atoms with Crippen LogP contribution in [0.4, 0.5) is 65.9 Å². The van der Waals surface area contributed by atoms with E-state index in [1.54, 1.807) is 36.4 Å². The van der Waals surface area contributed by atoms with E-state index in [2.05, 4.69) is 35.0 Å². The van der Waals surface area contributed by atoms with E-state index in [-0.39, 0.29) is 0 Å². The summed E-state index contributed by atoms with van der Waals surface area (Å²) in [6, 6.07) is 19.3. The first kappa shape index (κ1) is 70.2. The molecule has 0 saturated heterocycles. The average molecular weight is 1200 g/mol. The van der Waals surface area contributed by atoms with E-state index >= 15 is 0 Å². The fourth-order valence-corrected chi connectivity index (χ4v) is 8.85. The molecule has 0 spiro atoms. The largest absolute Gasteiger partial charge is 0.429 e. The van der Waals surface area contributed by atoms with E-state index < -0.39 is 105 Å². The van der Waals surface area contributed by atoms with Crippen molar-refractivity contribution < 1.29 is 80.1 Å². The number of halogens is 15. The van der Waals surface area contributed by atoms with Gasteiger partial charge in [0.25, 0.3) is 0 Å². The van der Waals surface area contributed by atoms with E-state index in [1.807, 2.05) is 0 Å². The summed E-state index contributed by atoms with van der Waals surface area (Å²) >= 11 is 0. The van der Waals surface area contributed by atoms with E-state index in [4.69, 9.17) is 0 Å². The minimum atomic E-state index is -3.80. The SMILES string of the molecule is CCCCCCCCCCc1ccc(C(F)(F)Oc2cc(F)c(F)c(F)c2)cc1.CCCCCCCCCc1ccc(C(F)(F)Oc2cc(F)c(F)c(F)c2)cc1.CCCCCCCCc1ccc(C(F)(F)Oc2cc(F)c(F)c(F)c2)cc1. The highest BCUT2D eigenvalue weighted by Crippen LogP contribution is 2.36. The molecule has 6 rings (SSSR count). The molecule has 0 amide bonds. The first-order valence-corrected chi connectivity index (χ1v) is 28.9. The molecule has 0 saturated carbocycles. The molecule has 0 fully saturated rings. The van der Waals surface area contributed by atoms with Crippen molar-refractivity contribution in [1.29, 1.82) is 0 Å². The zero-order chi connectivity index (χ0) is 61.7. The van der Waals surface area contributed by atoms with Gasteiger partial charge in [-0.25, -0.2) is 39.5 Å². The maximum atomic E-state index is 14.3. The highest BCUT2D eigenvalue weighted by atomic mass is 19.3. The molecular formula is C66H75F15O3. The van der Waals surface area contributed by atoms with Crippen LogP contribution in [0.3, 0.4) is 0 Å². The van der Waals surface area contributed by atoms with Crippen molar-refractivity contribution >= 4 is 0 Å². The van der Waals surface area contributed by atoms with Crippen LogP contribution in [0.15, 0.2) is 109 Å². The first-order valence-electron chi connectivity index (χ1n) is 28.9. The van der Waals surface area contributed by atoms with Gasteiger partial charge in [-0.2, -0.15) is 26.3 Å². The average Bonchev–Trinajstić information content (AvgIpc) is 3.62. The van der Waals surface area contributed by atoms with E-state index in [0.29, 0.717) is 36.4 Å². The Morgan fingerprint density at radius 1 is 0.262 bits per heavy atom. The lowest BCUT2D eigenvalue weighted by Gasteiger charge is -2.19. The van der Waals surface area contributed by atoms with Crippen LogP contribution in [-0.2, 0) is 37.6 Å². The maximum Gasteiger partial charge on any atom is 0.426 e. The maximum absolute atomic E-state index is 14.3. The summed E-state index contributed by atoms with van der Waals surface area (Å²) in [4.78, 5) is 0. The van der Waals surface area contributed by atoms with Crippen LogP contribution in [0, 0.1) is 52.4 Å². The monoisotopic (exact) mass is 1200 g/mol. The molecule has 6 aromatic rings. The topological polar surface area (TPSA) is 27.7 Å². The quantitative estimate of drug-likeness (QED) is 0.0233. The molecule has 3 nitrogen and oxygen atoms in total. The van der Waals surface area contributed by atoms with Crippen LogP contribution in [0.5, 0.6) is 17.2 Å². The van der Waals surface area contributed by atoms with E-state index in [1.165, 1.54) is 133 Å². The summed E-state index contributed by atoms with van der Waals surface area (Å²) in [6.07, 6.45) is 15.7. The van der Waals surface area contributed by atoms with Crippen molar-refractivity contribution in [3.05, 3.63) is 195 Å². The van der Waals surface area contributed by atoms with Gasteiger partial charge in [0.2, 0.25) is 0 Å². The lowest BCUT2D eigenvalue weighted by atomic mass is 10.0. The van der Waals surface area contributed by atoms with Crippen molar-refractivity contribution in [2.75, 3.05) is 0 Å². The van der Waals surface area contributed by atoms with Crippen LogP contribution in [-0.4, -0.2) is 0 Å². The van der Waals surface area contributed by atoms with Gasteiger partial charge in [-0.3, -0.25) is 0 Å². The second-order valence-electron chi connectivity index (χ2n) is 20.7. The zero-order valence-electron chi connectivity index (χ0n) is 47.8. The molecule has 18 heteroatoms. The van der Waals surface area contributed by atoms with Crippen LogP contribution < -0.4 is 14.2 Å². The summed E-state index contributed by atoms with van der Waals surface area (Å²) in [5.41, 5.74) is 1.48. The Labute approximate surface area is 484 Å². The minimum Gasteiger partial charge on any atom is -0.429 e. The van der Waals surface area contributed by atoms with E-state index in [9.17, 15) is 65.9 Å². The number of alkyl halides is 6. The van der Waals surface area contributed by atoms with Crippen LogP contribution >= 0.6 is 0 Å². The second kappa shape index (κ2) is 35.8. The van der Waals surface area contributed by atoms with Gasteiger partial charge in [0.1, 0.15) is 17.2 Å². The lowest BCUT2D eigenvalue weighted by molar-refractivity contribution is -0.186. The molecule has 6 aromatic carbocycles. The molecule has 0 unspecified atom stereocenters. The number of ether oxygens (including phenoxy) is 3. The van der Waals surface area contributed by atoms with Gasteiger partial charge in [0, 0.05) is 36.4 Å². The molecule has 0 N–H and O–H groups in total. The summed E-state index contributed by atoms with van der Waals surface area (Å²) < 4.78 is 216. The predicted octanol–water partition coefficient (Wildman–Crippen LogP) is 22.6. The number of aryl methyl sites for hydroxylation is 3. The van der Waals surface area contributed by atoms with Gasteiger partial charge < -0.3 is 14.2 Å². The predicted molar refractivity (Wildman–Crippen MR) is 297 cm³/mol. The Kier molecular flexibility index (Phi) is 29.9. The molecule has 0 heterocycles. The highest BCUT2D eigenvalue weighted by molar-refractivity contribution is 5.32. The van der Waals surface area contributed by atoms with Gasteiger partial charge in [-0.1, -0.05) is 173 Å². The van der Waals surface area contributed by atoms with Gasteiger partial charge in [-0.15, -0.1) is 0 Å². The smallest absolute Gasteiger partial charge is 0.426 e. The van der Waals surface area contributed by atoms with Crippen molar-refractivity contribution in [2.45, 2.75) is 193 Å². The van der Waals surface area contributed by atoms with Crippen molar-refractivity contribution in [3.8, 4) is 17.2 Å². The van der Waals surface area contributed by atoms with Gasteiger partial charge in [0.15, 0.2) is 52.4 Å². The minimum absolute atomic E-state index is 0.388. The number of hydrogen-bond donors (Lipinski definition) is 0. The van der Waals surface area contributed by atoms with Gasteiger partial charge in [0.05, 0.1) is 16.7 Å². The zero-order valence-corrected chi connectivity index (χ0v) is 47.8. The third-order valence-electron chi connectivity index (χ3n) is 13.7. The third-order valence-corrected chi connectivity index (χ3v) is 13.7. The Balaban J connectivity index is 0.000000270. The fraction of sp³-hybridized carbons (Fsp3) is 0.455. The standard InChI is InChI=1S/C23H27F5O.C22H25F5O.C21H23F5O/c1-2-3-4-5-6-7-8-9-10-17-11-13-18(14-12-17)23(27,28)29-19-15-20(24)22(26)21(25)16-19;1-2-3-4-5-6-7-8-9-16-10-12-17(13-11-16)22(26,27)28-18-14-19(23)21(25)20(24)15-18;1-2-3-4-5-6-7-8-15-9-11-16(12-10-15)21(25,26)27-17-13-18(22)20(24)19(23)14-17/h11-16H,2-10H2,1H3;10-15H,2-9H2,1H3;9-14H,2-8H2,1H3. The van der Waals surface area contributed by atoms with Crippen molar-refractivity contribution in [1.82, 2.24) is 0 Å². The Morgan fingerprint density at radius 3 is 0.631 bits per heavy atom. The number of unbranched alkanes of at least 4 members (excludes halogenated alkanes) is 18. The molecule has 0 aromatic heterocycles. The second-order valence-corrected chi connectivity index (χ2v) is 20.7.